The van der Waals surface area contributed by atoms with E-state index in [9.17, 15) is 0 Å². The fourth-order valence-corrected chi connectivity index (χ4v) is 3.24. The fourth-order valence-electron chi connectivity index (χ4n) is 3.24. The zero-order valence-electron chi connectivity index (χ0n) is 13.0. The SMILES string of the molecule is Cc1nc2n(n1)CC(Nc1ccc3nnc(C4CC4)n3n1)CC2. The predicted octanol–water partition coefficient (Wildman–Crippen LogP) is 1.33. The van der Waals surface area contributed by atoms with Crippen LogP contribution >= 0.6 is 0 Å². The third kappa shape index (κ3) is 2.25. The number of rotatable bonds is 3. The van der Waals surface area contributed by atoms with Crippen molar-refractivity contribution in [3.8, 4) is 0 Å². The Labute approximate surface area is 132 Å². The van der Waals surface area contributed by atoms with Crippen LogP contribution in [0, 0.1) is 6.92 Å². The highest BCUT2D eigenvalue weighted by atomic mass is 15.4. The highest BCUT2D eigenvalue weighted by Gasteiger charge is 2.29. The van der Waals surface area contributed by atoms with E-state index in [-0.39, 0.29) is 0 Å². The van der Waals surface area contributed by atoms with Crippen LogP contribution < -0.4 is 5.32 Å². The molecule has 1 saturated carbocycles. The van der Waals surface area contributed by atoms with E-state index in [4.69, 9.17) is 0 Å². The number of hydrogen-bond donors (Lipinski definition) is 1. The van der Waals surface area contributed by atoms with Crippen molar-refractivity contribution in [1.29, 1.82) is 0 Å². The van der Waals surface area contributed by atoms with Gasteiger partial charge in [0.2, 0.25) is 0 Å². The second kappa shape index (κ2) is 4.74. The van der Waals surface area contributed by atoms with Crippen LogP contribution in [0.5, 0.6) is 0 Å². The second-order valence-corrected chi connectivity index (χ2v) is 6.46. The van der Waals surface area contributed by atoms with Gasteiger partial charge < -0.3 is 5.32 Å². The smallest absolute Gasteiger partial charge is 0.178 e. The molecule has 0 bridgehead atoms. The molecule has 23 heavy (non-hydrogen) atoms. The Morgan fingerprint density at radius 2 is 2.04 bits per heavy atom. The first-order chi connectivity index (χ1) is 11.3. The summed E-state index contributed by atoms with van der Waals surface area (Å²) >= 11 is 0. The number of anilines is 1. The van der Waals surface area contributed by atoms with Gasteiger partial charge in [-0.25, -0.2) is 9.67 Å². The minimum atomic E-state index is 0.314. The Morgan fingerprint density at radius 3 is 2.91 bits per heavy atom. The van der Waals surface area contributed by atoms with Gasteiger partial charge in [-0.05, 0) is 38.3 Å². The summed E-state index contributed by atoms with van der Waals surface area (Å²) in [5.41, 5.74) is 0.815. The molecule has 1 N–H and O–H groups in total. The molecule has 1 aliphatic heterocycles. The van der Waals surface area contributed by atoms with Gasteiger partial charge in [-0.3, -0.25) is 0 Å². The molecule has 0 spiro atoms. The van der Waals surface area contributed by atoms with E-state index in [1.54, 1.807) is 0 Å². The van der Waals surface area contributed by atoms with Crippen molar-refractivity contribution < 1.29 is 0 Å². The normalized spacial score (nSPS) is 20.7. The van der Waals surface area contributed by atoms with Crippen molar-refractivity contribution >= 4 is 11.5 Å². The van der Waals surface area contributed by atoms with Gasteiger partial charge in [-0.1, -0.05) is 0 Å². The zero-order valence-corrected chi connectivity index (χ0v) is 13.0. The van der Waals surface area contributed by atoms with Gasteiger partial charge in [0.05, 0.1) is 6.54 Å². The van der Waals surface area contributed by atoms with Crippen LogP contribution in [-0.2, 0) is 13.0 Å². The largest absolute Gasteiger partial charge is 0.364 e. The molecule has 0 amide bonds. The van der Waals surface area contributed by atoms with Gasteiger partial charge in [0.1, 0.15) is 17.5 Å². The molecule has 0 saturated heterocycles. The molecule has 118 valence electrons. The van der Waals surface area contributed by atoms with E-state index >= 15 is 0 Å². The van der Waals surface area contributed by atoms with Gasteiger partial charge in [0.25, 0.3) is 0 Å². The molecule has 8 heteroatoms. The third-order valence-electron chi connectivity index (χ3n) is 4.55. The van der Waals surface area contributed by atoms with Crippen molar-refractivity contribution in [2.75, 3.05) is 5.32 Å². The monoisotopic (exact) mass is 310 g/mol. The molecule has 4 heterocycles. The van der Waals surface area contributed by atoms with Crippen LogP contribution in [0.25, 0.3) is 5.65 Å². The molecule has 3 aromatic heterocycles. The number of nitrogens with one attached hydrogen (secondary N) is 1. The summed E-state index contributed by atoms with van der Waals surface area (Å²) in [5, 5.41) is 21.1. The molecular formula is C15H18N8. The van der Waals surface area contributed by atoms with Crippen molar-refractivity contribution in [1.82, 2.24) is 34.6 Å². The average Bonchev–Trinajstić information content (AvgIpc) is 3.18. The lowest BCUT2D eigenvalue weighted by Crippen LogP contribution is -2.32. The number of hydrogen-bond acceptors (Lipinski definition) is 6. The minimum Gasteiger partial charge on any atom is -0.364 e. The van der Waals surface area contributed by atoms with Crippen molar-refractivity contribution in [3.63, 3.8) is 0 Å². The van der Waals surface area contributed by atoms with Gasteiger partial charge in [0, 0.05) is 18.4 Å². The third-order valence-corrected chi connectivity index (χ3v) is 4.55. The first-order valence-electron chi connectivity index (χ1n) is 8.15. The van der Waals surface area contributed by atoms with Crippen LogP contribution in [0.15, 0.2) is 12.1 Å². The molecule has 2 aliphatic rings. The van der Waals surface area contributed by atoms with Crippen LogP contribution in [0.2, 0.25) is 0 Å². The second-order valence-electron chi connectivity index (χ2n) is 6.46. The first kappa shape index (κ1) is 13.0. The van der Waals surface area contributed by atoms with Crippen LogP contribution in [-0.4, -0.2) is 40.6 Å². The summed E-state index contributed by atoms with van der Waals surface area (Å²) in [6.07, 6.45) is 4.37. The molecule has 5 rings (SSSR count). The van der Waals surface area contributed by atoms with Crippen LogP contribution in [0.1, 0.15) is 42.7 Å². The van der Waals surface area contributed by atoms with Gasteiger partial charge in [-0.2, -0.15) is 9.61 Å². The van der Waals surface area contributed by atoms with E-state index in [0.29, 0.717) is 12.0 Å². The predicted molar refractivity (Wildman–Crippen MR) is 83.2 cm³/mol. The topological polar surface area (TPSA) is 85.8 Å². The molecular weight excluding hydrogens is 292 g/mol. The van der Waals surface area contributed by atoms with Crippen molar-refractivity contribution in [2.45, 2.75) is 51.1 Å². The molecule has 1 aliphatic carbocycles. The Hall–Kier alpha value is -2.51. The number of nitrogens with zero attached hydrogens (tertiary/aromatic N) is 7. The zero-order chi connectivity index (χ0) is 15.4. The molecule has 0 aromatic carbocycles. The standard InChI is InChI=1S/C15H18N8/c1-9-16-13-6-4-11(8-22(13)20-9)17-12-5-7-14-18-19-15(10-2-3-10)23(14)21-12/h5,7,10-11H,2-4,6,8H2,1H3,(H,17,21). The summed E-state index contributed by atoms with van der Waals surface area (Å²) in [4.78, 5) is 4.45. The summed E-state index contributed by atoms with van der Waals surface area (Å²) in [6, 6.07) is 4.26. The highest BCUT2D eigenvalue weighted by molar-refractivity contribution is 5.45. The lowest BCUT2D eigenvalue weighted by atomic mass is 10.1. The summed E-state index contributed by atoms with van der Waals surface area (Å²) in [5.74, 6) is 4.31. The molecule has 1 unspecified atom stereocenters. The van der Waals surface area contributed by atoms with Gasteiger partial charge >= 0.3 is 0 Å². The Morgan fingerprint density at radius 1 is 1.13 bits per heavy atom. The first-order valence-corrected chi connectivity index (χ1v) is 8.15. The molecule has 8 nitrogen and oxygen atoms in total. The maximum absolute atomic E-state index is 4.69. The van der Waals surface area contributed by atoms with Crippen LogP contribution in [0.3, 0.4) is 0 Å². The Balaban J connectivity index is 1.40. The molecule has 1 fully saturated rings. The Bertz CT molecular complexity index is 875. The van der Waals surface area contributed by atoms with Crippen LogP contribution in [0.4, 0.5) is 5.82 Å². The Kier molecular flexibility index (Phi) is 2.67. The van der Waals surface area contributed by atoms with Gasteiger partial charge in [-0.15, -0.1) is 15.3 Å². The quantitative estimate of drug-likeness (QED) is 0.785. The van der Waals surface area contributed by atoms with Gasteiger partial charge in [0.15, 0.2) is 11.5 Å². The number of fused-ring (bicyclic) bond motifs is 2. The van der Waals surface area contributed by atoms with Crippen molar-refractivity contribution in [3.05, 3.63) is 29.6 Å². The van der Waals surface area contributed by atoms with E-state index in [0.717, 1.165) is 48.3 Å². The fraction of sp³-hybridized carbons (Fsp3) is 0.533. The highest BCUT2D eigenvalue weighted by Crippen LogP contribution is 2.38. The summed E-state index contributed by atoms with van der Waals surface area (Å²) in [6.45, 7) is 2.77. The maximum atomic E-state index is 4.69. The maximum Gasteiger partial charge on any atom is 0.178 e. The van der Waals surface area contributed by atoms with E-state index in [1.165, 1.54) is 12.8 Å². The molecule has 0 radical (unpaired) electrons. The van der Waals surface area contributed by atoms with Crippen molar-refractivity contribution in [2.24, 2.45) is 0 Å². The van der Waals surface area contributed by atoms with E-state index in [1.807, 2.05) is 28.3 Å². The summed E-state index contributed by atoms with van der Waals surface area (Å²) in [7, 11) is 0. The van der Waals surface area contributed by atoms with E-state index < -0.39 is 0 Å². The lowest BCUT2D eigenvalue weighted by Gasteiger charge is -2.23. The number of aryl methyl sites for hydroxylation is 2. The molecule has 1 atom stereocenters. The average molecular weight is 310 g/mol. The number of aromatic nitrogens is 7. The van der Waals surface area contributed by atoms with E-state index in [2.05, 4.69) is 30.7 Å². The lowest BCUT2D eigenvalue weighted by molar-refractivity contribution is 0.439. The molecule has 3 aromatic rings. The summed E-state index contributed by atoms with van der Waals surface area (Å²) < 4.78 is 3.89. The minimum absolute atomic E-state index is 0.314.